The molecule has 0 fully saturated rings. The maximum absolute atomic E-state index is 10.8. The van der Waals surface area contributed by atoms with Gasteiger partial charge in [0.1, 0.15) is 0 Å². The summed E-state index contributed by atoms with van der Waals surface area (Å²) in [7, 11) is -14.0. The van der Waals surface area contributed by atoms with Crippen LogP contribution < -0.4 is 5.32 Å². The molecule has 18 heavy (non-hydrogen) atoms. The molecule has 0 aromatic heterocycles. The van der Waals surface area contributed by atoms with E-state index in [1.54, 1.807) is 0 Å². The van der Waals surface area contributed by atoms with Gasteiger partial charge in [-0.3, -0.25) is 13.7 Å². The molecule has 0 aliphatic heterocycles. The lowest BCUT2D eigenvalue weighted by Gasteiger charge is -2.19. The summed E-state index contributed by atoms with van der Waals surface area (Å²) in [6.07, 6.45) is -0.528. The SMILES string of the molecule is O=P(O)(O)C(CCNCCS(=O)(=O)O)P(=O)(O)O. The molecule has 0 aromatic rings. The van der Waals surface area contributed by atoms with Crippen molar-refractivity contribution in [3.05, 3.63) is 0 Å². The lowest BCUT2D eigenvalue weighted by atomic mass is 10.5. The van der Waals surface area contributed by atoms with E-state index in [0.29, 0.717) is 0 Å². The fourth-order valence-corrected chi connectivity index (χ4v) is 3.99. The third kappa shape index (κ3) is 8.30. The smallest absolute Gasteiger partial charge is 0.324 e. The largest absolute Gasteiger partial charge is 0.340 e. The summed E-state index contributed by atoms with van der Waals surface area (Å²) in [6.45, 7) is -0.412. The van der Waals surface area contributed by atoms with Gasteiger partial charge in [-0.05, 0) is 13.0 Å². The predicted octanol–water partition coefficient (Wildman–Crippen LogP) is -1.46. The fraction of sp³-hybridized carbons (Fsp3) is 1.00. The molecule has 0 rings (SSSR count). The highest BCUT2D eigenvalue weighted by Gasteiger charge is 2.42. The zero-order valence-electron chi connectivity index (χ0n) is 9.08. The zero-order chi connectivity index (χ0) is 14.6. The van der Waals surface area contributed by atoms with E-state index >= 15 is 0 Å². The molecule has 110 valence electrons. The van der Waals surface area contributed by atoms with Crippen LogP contribution in [-0.4, -0.2) is 56.8 Å². The molecule has 6 N–H and O–H groups in total. The van der Waals surface area contributed by atoms with E-state index < -0.39 is 42.9 Å². The molecule has 0 unspecified atom stereocenters. The van der Waals surface area contributed by atoms with Crippen molar-refractivity contribution in [2.75, 3.05) is 18.8 Å². The van der Waals surface area contributed by atoms with Crippen LogP contribution in [0.3, 0.4) is 0 Å². The minimum atomic E-state index is -4.95. The zero-order valence-corrected chi connectivity index (χ0v) is 11.7. The molecular formula is C5H15NO9P2S. The van der Waals surface area contributed by atoms with Gasteiger partial charge in [-0.2, -0.15) is 8.42 Å². The summed E-state index contributed by atoms with van der Waals surface area (Å²) in [5.41, 5.74) is 0. The third-order valence-electron chi connectivity index (χ3n) is 1.89. The maximum Gasteiger partial charge on any atom is 0.340 e. The highest BCUT2D eigenvalue weighted by Crippen LogP contribution is 2.61. The monoisotopic (exact) mass is 327 g/mol. The van der Waals surface area contributed by atoms with Crippen molar-refractivity contribution in [2.45, 2.75) is 11.8 Å². The Kier molecular flexibility index (Phi) is 6.62. The Bertz CT molecular complexity index is 428. The quantitative estimate of drug-likeness (QED) is 0.175. The van der Waals surface area contributed by atoms with Crippen LogP contribution >= 0.6 is 15.2 Å². The van der Waals surface area contributed by atoms with E-state index in [2.05, 4.69) is 5.32 Å². The van der Waals surface area contributed by atoms with E-state index in [1.807, 2.05) is 0 Å². The number of rotatable bonds is 8. The average Bonchev–Trinajstić information content (AvgIpc) is 2.04. The molecule has 0 radical (unpaired) electrons. The average molecular weight is 327 g/mol. The van der Waals surface area contributed by atoms with Gasteiger partial charge in [0.25, 0.3) is 10.1 Å². The standard InChI is InChI=1S/C5H15NO9P2S/c7-16(8,9)5(17(10,11)12)1-2-6-3-4-18(13,14)15/h5-6H,1-4H2,(H2,7,8,9)(H2,10,11,12)(H,13,14,15). The summed E-state index contributed by atoms with van der Waals surface area (Å²) >= 11 is 0. The van der Waals surface area contributed by atoms with Crippen molar-refractivity contribution in [1.82, 2.24) is 5.32 Å². The van der Waals surface area contributed by atoms with Gasteiger partial charge in [0.05, 0.1) is 5.75 Å². The van der Waals surface area contributed by atoms with Crippen molar-refractivity contribution < 1.29 is 41.7 Å². The summed E-state index contributed by atoms with van der Waals surface area (Å²) in [5.74, 6) is -0.608. The van der Waals surface area contributed by atoms with Crippen LogP contribution in [0.2, 0.25) is 0 Å². The van der Waals surface area contributed by atoms with Crippen molar-refractivity contribution in [1.29, 1.82) is 0 Å². The van der Waals surface area contributed by atoms with Crippen molar-refractivity contribution in [3.8, 4) is 0 Å². The lowest BCUT2D eigenvalue weighted by molar-refractivity contribution is 0.334. The molecule has 0 atom stereocenters. The number of hydrogen-bond acceptors (Lipinski definition) is 5. The molecule has 0 spiro atoms. The highest BCUT2D eigenvalue weighted by atomic mass is 32.2. The second kappa shape index (κ2) is 6.56. The van der Waals surface area contributed by atoms with E-state index in [0.717, 1.165) is 0 Å². The molecule has 0 saturated heterocycles. The second-order valence-corrected chi connectivity index (χ2v) is 9.07. The van der Waals surface area contributed by atoms with Gasteiger partial charge in [-0.1, -0.05) is 0 Å². The molecule has 13 heteroatoms. The van der Waals surface area contributed by atoms with Crippen LogP contribution in [0.15, 0.2) is 0 Å². The van der Waals surface area contributed by atoms with Crippen LogP contribution in [0.4, 0.5) is 0 Å². The summed E-state index contributed by atoms with van der Waals surface area (Å²) < 4.78 is 50.7. The van der Waals surface area contributed by atoms with Crippen LogP contribution in [0.5, 0.6) is 0 Å². The molecule has 0 aliphatic rings. The molecule has 0 heterocycles. The van der Waals surface area contributed by atoms with Crippen molar-refractivity contribution in [3.63, 3.8) is 0 Å². The minimum Gasteiger partial charge on any atom is -0.324 e. The molecule has 0 amide bonds. The normalized spacial score (nSPS) is 14.1. The van der Waals surface area contributed by atoms with E-state index in [1.165, 1.54) is 0 Å². The molecule has 0 bridgehead atoms. The van der Waals surface area contributed by atoms with Crippen LogP contribution in [0.25, 0.3) is 0 Å². The third-order valence-corrected chi connectivity index (χ3v) is 6.49. The van der Waals surface area contributed by atoms with Crippen molar-refractivity contribution in [2.24, 2.45) is 0 Å². The first-order valence-corrected chi connectivity index (χ1v) is 9.57. The Morgan fingerprint density at radius 3 is 1.78 bits per heavy atom. The molecule has 0 saturated carbocycles. The Morgan fingerprint density at radius 2 is 1.44 bits per heavy atom. The molecule has 0 aromatic carbocycles. The molecule has 0 aliphatic carbocycles. The fourth-order valence-electron chi connectivity index (χ4n) is 1.09. The second-order valence-electron chi connectivity index (χ2n) is 3.48. The van der Waals surface area contributed by atoms with Gasteiger partial charge >= 0.3 is 15.2 Å². The van der Waals surface area contributed by atoms with Gasteiger partial charge in [0.15, 0.2) is 5.40 Å². The van der Waals surface area contributed by atoms with Crippen LogP contribution in [-0.2, 0) is 19.2 Å². The number of hydrogen-bond donors (Lipinski definition) is 6. The van der Waals surface area contributed by atoms with Gasteiger partial charge in [0, 0.05) is 6.54 Å². The van der Waals surface area contributed by atoms with Gasteiger partial charge in [-0.25, -0.2) is 0 Å². The lowest BCUT2D eigenvalue weighted by Crippen LogP contribution is -2.26. The minimum absolute atomic E-state index is 0.201. The Hall–Kier alpha value is 0.170. The van der Waals surface area contributed by atoms with E-state index in [4.69, 9.17) is 24.1 Å². The van der Waals surface area contributed by atoms with Crippen LogP contribution in [0, 0.1) is 0 Å². The summed E-state index contributed by atoms with van der Waals surface area (Å²) in [5, 5.41) is 0.269. The molecular weight excluding hydrogens is 312 g/mol. The first kappa shape index (κ1) is 18.2. The summed E-state index contributed by atoms with van der Waals surface area (Å²) in [6, 6.07) is 0. The van der Waals surface area contributed by atoms with Gasteiger partial charge in [-0.15, -0.1) is 0 Å². The number of nitrogens with one attached hydrogen (secondary N) is 1. The first-order valence-electron chi connectivity index (χ1n) is 4.60. The van der Waals surface area contributed by atoms with Crippen molar-refractivity contribution >= 4 is 25.3 Å². The Balaban J connectivity index is 4.25. The van der Waals surface area contributed by atoms with E-state index in [-0.39, 0.29) is 13.1 Å². The Labute approximate surface area is 103 Å². The van der Waals surface area contributed by atoms with Crippen LogP contribution in [0.1, 0.15) is 6.42 Å². The topological polar surface area (TPSA) is 181 Å². The van der Waals surface area contributed by atoms with Gasteiger partial charge in [0.2, 0.25) is 0 Å². The summed E-state index contributed by atoms with van der Waals surface area (Å²) in [4.78, 5) is 35.0. The van der Waals surface area contributed by atoms with E-state index in [9.17, 15) is 17.5 Å². The first-order chi connectivity index (χ1) is 7.84. The molecule has 10 nitrogen and oxygen atoms in total. The maximum atomic E-state index is 10.8. The predicted molar refractivity (Wildman–Crippen MR) is 61.8 cm³/mol. The van der Waals surface area contributed by atoms with Gasteiger partial charge < -0.3 is 24.9 Å². The highest BCUT2D eigenvalue weighted by molar-refractivity contribution is 7.85. The Morgan fingerprint density at radius 1 is 1.00 bits per heavy atom.